The summed E-state index contributed by atoms with van der Waals surface area (Å²) in [6.07, 6.45) is 2.39. The molecule has 2 rings (SSSR count). The smallest absolute Gasteiger partial charge is 0.186 e. The highest BCUT2D eigenvalue weighted by Crippen LogP contribution is 2.28. The third-order valence-electron chi connectivity index (χ3n) is 3.67. The summed E-state index contributed by atoms with van der Waals surface area (Å²) in [5.41, 5.74) is 0.765. The average molecular weight is 440 g/mol. The standard InChI is InChI=1S/C19H20O8S2/c1-26-18-6-4-14(11-17(18)21)7-9-28(22,23)13-29(24,25)10-8-15-3-5-16(20)19(12-15)27-2/h3-12,20-21H,13H2,1-2H3/b9-7?,10-8+. The third kappa shape index (κ3) is 6.54. The molecule has 0 spiro atoms. The fourth-order valence-corrected chi connectivity index (χ4v) is 5.47. The first-order valence-corrected chi connectivity index (χ1v) is 11.5. The molecule has 0 saturated heterocycles. The van der Waals surface area contributed by atoms with Crippen molar-refractivity contribution in [3.05, 3.63) is 58.3 Å². The maximum Gasteiger partial charge on any atom is 0.186 e. The molecule has 0 radical (unpaired) electrons. The van der Waals surface area contributed by atoms with E-state index in [0.29, 0.717) is 11.1 Å². The van der Waals surface area contributed by atoms with Crippen molar-refractivity contribution >= 4 is 31.8 Å². The van der Waals surface area contributed by atoms with Crippen molar-refractivity contribution < 1.29 is 36.5 Å². The van der Waals surface area contributed by atoms with Gasteiger partial charge in [-0.2, -0.15) is 0 Å². The summed E-state index contributed by atoms with van der Waals surface area (Å²) < 4.78 is 58.4. The Labute approximate surface area is 169 Å². The topological polar surface area (TPSA) is 127 Å². The number of aromatic hydroxyl groups is 2. The summed E-state index contributed by atoms with van der Waals surface area (Å²) in [5.74, 6) is 0.100. The molecule has 2 aromatic carbocycles. The van der Waals surface area contributed by atoms with Crippen molar-refractivity contribution in [2.24, 2.45) is 0 Å². The molecule has 0 aliphatic rings. The summed E-state index contributed by atoms with van der Waals surface area (Å²) in [7, 11) is -5.45. The Balaban J connectivity index is 2.14. The Bertz CT molecular complexity index is 1150. The number of benzene rings is 2. The van der Waals surface area contributed by atoms with Crippen molar-refractivity contribution in [3.63, 3.8) is 0 Å². The molecule has 0 aliphatic heterocycles. The highest BCUT2D eigenvalue weighted by molar-refractivity contribution is 8.10. The van der Waals surface area contributed by atoms with Crippen LogP contribution in [0.3, 0.4) is 0 Å². The Kier molecular flexibility index (Phi) is 6.93. The van der Waals surface area contributed by atoms with E-state index < -0.39 is 24.8 Å². The van der Waals surface area contributed by atoms with Crippen LogP contribution in [-0.2, 0) is 19.7 Å². The molecule has 0 fully saturated rings. The molecule has 156 valence electrons. The van der Waals surface area contributed by atoms with Crippen molar-refractivity contribution in [3.8, 4) is 23.0 Å². The van der Waals surface area contributed by atoms with Gasteiger partial charge in [-0.15, -0.1) is 0 Å². The summed E-state index contributed by atoms with van der Waals surface area (Å²) in [4.78, 5) is 0. The number of rotatable bonds is 8. The minimum Gasteiger partial charge on any atom is -0.504 e. The molecule has 0 unspecified atom stereocenters. The van der Waals surface area contributed by atoms with Gasteiger partial charge in [0, 0.05) is 10.8 Å². The van der Waals surface area contributed by atoms with E-state index in [-0.39, 0.29) is 23.0 Å². The molecule has 2 N–H and O–H groups in total. The second-order valence-corrected chi connectivity index (χ2v) is 10.1. The minimum atomic E-state index is -4.09. The fourth-order valence-electron chi connectivity index (χ4n) is 2.28. The molecule has 0 aliphatic carbocycles. The molecule has 0 bridgehead atoms. The molecule has 0 heterocycles. The Hall–Kier alpha value is -2.98. The first-order chi connectivity index (χ1) is 13.5. The molecule has 8 nitrogen and oxygen atoms in total. The van der Waals surface area contributed by atoms with E-state index >= 15 is 0 Å². The fraction of sp³-hybridized carbons (Fsp3) is 0.158. The number of phenolic OH excluding ortho intramolecular Hbond substituents is 2. The number of sulfone groups is 2. The van der Waals surface area contributed by atoms with Gasteiger partial charge >= 0.3 is 0 Å². The van der Waals surface area contributed by atoms with E-state index in [1.807, 2.05) is 0 Å². The zero-order valence-electron chi connectivity index (χ0n) is 15.6. The zero-order chi connectivity index (χ0) is 21.7. The van der Waals surface area contributed by atoms with Gasteiger partial charge < -0.3 is 19.7 Å². The van der Waals surface area contributed by atoms with Crippen LogP contribution in [0.4, 0.5) is 0 Å². The van der Waals surface area contributed by atoms with Gasteiger partial charge in [-0.3, -0.25) is 0 Å². The van der Waals surface area contributed by atoms with Gasteiger partial charge in [0.15, 0.2) is 47.8 Å². The van der Waals surface area contributed by atoms with Gasteiger partial charge in [-0.05, 0) is 47.5 Å². The highest BCUT2D eigenvalue weighted by Gasteiger charge is 2.17. The largest absolute Gasteiger partial charge is 0.504 e. The van der Waals surface area contributed by atoms with E-state index in [1.54, 1.807) is 0 Å². The minimum absolute atomic E-state index is 0.107. The molecule has 10 heteroatoms. The third-order valence-corrected chi connectivity index (χ3v) is 7.40. The Morgan fingerprint density at radius 1 is 0.759 bits per heavy atom. The van der Waals surface area contributed by atoms with Crippen LogP contribution < -0.4 is 9.47 Å². The van der Waals surface area contributed by atoms with Crippen LogP contribution in [0.2, 0.25) is 0 Å². The molecule has 2 aromatic rings. The predicted molar refractivity (Wildman–Crippen MR) is 110 cm³/mol. The lowest BCUT2D eigenvalue weighted by Crippen LogP contribution is -2.11. The monoisotopic (exact) mass is 440 g/mol. The quantitative estimate of drug-likeness (QED) is 0.641. The molecule has 0 amide bonds. The molecular formula is C19H20O8S2. The number of ether oxygens (including phenoxy) is 2. The van der Waals surface area contributed by atoms with Crippen LogP contribution in [0.15, 0.2) is 47.2 Å². The van der Waals surface area contributed by atoms with Crippen LogP contribution in [0.25, 0.3) is 12.2 Å². The van der Waals surface area contributed by atoms with Crippen molar-refractivity contribution in [2.45, 2.75) is 0 Å². The zero-order valence-corrected chi connectivity index (χ0v) is 17.3. The maximum absolute atomic E-state index is 12.2. The van der Waals surface area contributed by atoms with Gasteiger partial charge in [0.2, 0.25) is 0 Å². The van der Waals surface area contributed by atoms with Gasteiger partial charge in [0.05, 0.1) is 14.2 Å². The van der Waals surface area contributed by atoms with Crippen LogP contribution in [0.5, 0.6) is 23.0 Å². The molecule has 29 heavy (non-hydrogen) atoms. The van der Waals surface area contributed by atoms with E-state index in [2.05, 4.69) is 0 Å². The van der Waals surface area contributed by atoms with Crippen LogP contribution in [0.1, 0.15) is 11.1 Å². The normalized spacial score (nSPS) is 12.5. The SMILES string of the molecule is COc1ccc(C=CS(=O)(=O)CS(=O)(=O)/C=C/c2ccc(O)c(OC)c2)cc1O. The van der Waals surface area contributed by atoms with Crippen molar-refractivity contribution in [2.75, 3.05) is 19.3 Å². The van der Waals surface area contributed by atoms with Crippen LogP contribution >= 0.6 is 0 Å². The number of methoxy groups -OCH3 is 2. The van der Waals surface area contributed by atoms with E-state index in [1.165, 1.54) is 62.8 Å². The highest BCUT2D eigenvalue weighted by atomic mass is 32.3. The molecule has 0 atom stereocenters. The van der Waals surface area contributed by atoms with E-state index in [0.717, 1.165) is 10.8 Å². The molecule has 0 saturated carbocycles. The van der Waals surface area contributed by atoms with Gasteiger partial charge in [0.1, 0.15) is 0 Å². The van der Waals surface area contributed by atoms with E-state index in [4.69, 9.17) is 9.47 Å². The lowest BCUT2D eigenvalue weighted by Gasteiger charge is -2.04. The Morgan fingerprint density at radius 2 is 1.28 bits per heavy atom. The lowest BCUT2D eigenvalue weighted by atomic mass is 10.2. The molecule has 0 aromatic heterocycles. The van der Waals surface area contributed by atoms with Gasteiger partial charge in [-0.1, -0.05) is 12.1 Å². The average Bonchev–Trinajstić information content (AvgIpc) is 2.65. The number of hydrogen-bond donors (Lipinski definition) is 2. The second kappa shape index (κ2) is 9.01. The maximum atomic E-state index is 12.2. The summed E-state index contributed by atoms with van der Waals surface area (Å²) in [6, 6.07) is 8.44. The van der Waals surface area contributed by atoms with E-state index in [9.17, 15) is 27.0 Å². The van der Waals surface area contributed by atoms with Gasteiger partial charge in [-0.25, -0.2) is 16.8 Å². The summed E-state index contributed by atoms with van der Waals surface area (Å²) in [5, 5.41) is 19.7. The van der Waals surface area contributed by atoms with Crippen LogP contribution in [0, 0.1) is 0 Å². The van der Waals surface area contributed by atoms with Crippen molar-refractivity contribution in [1.82, 2.24) is 0 Å². The number of phenols is 2. The second-order valence-electron chi connectivity index (χ2n) is 5.91. The number of hydrogen-bond acceptors (Lipinski definition) is 8. The first-order valence-electron chi connectivity index (χ1n) is 8.11. The first kappa shape index (κ1) is 22.3. The summed E-state index contributed by atoms with van der Waals surface area (Å²) >= 11 is 0. The summed E-state index contributed by atoms with van der Waals surface area (Å²) in [6.45, 7) is 0. The predicted octanol–water partition coefficient (Wildman–Crippen LogP) is 2.54. The van der Waals surface area contributed by atoms with Crippen molar-refractivity contribution in [1.29, 1.82) is 0 Å². The van der Waals surface area contributed by atoms with Crippen LogP contribution in [-0.4, -0.2) is 46.4 Å². The molecular weight excluding hydrogens is 420 g/mol. The van der Waals surface area contributed by atoms with Gasteiger partial charge in [0.25, 0.3) is 0 Å². The Morgan fingerprint density at radius 3 is 1.79 bits per heavy atom. The lowest BCUT2D eigenvalue weighted by molar-refractivity contribution is 0.373.